The van der Waals surface area contributed by atoms with Crippen LogP contribution in [0.3, 0.4) is 0 Å². The smallest absolute Gasteiger partial charge is 0.228 e. The highest BCUT2D eigenvalue weighted by molar-refractivity contribution is 5.93. The molecule has 4 nitrogen and oxygen atoms in total. The molecular formula is C14H19N3O. The van der Waals surface area contributed by atoms with Crippen molar-refractivity contribution in [2.24, 2.45) is 17.8 Å². The zero-order valence-electron chi connectivity index (χ0n) is 10.8. The average Bonchev–Trinajstić information content (AvgIpc) is 3.03. The van der Waals surface area contributed by atoms with Crippen molar-refractivity contribution in [2.75, 3.05) is 5.32 Å². The summed E-state index contributed by atoms with van der Waals surface area (Å²) in [4.78, 5) is 12.2. The van der Waals surface area contributed by atoms with E-state index in [0.29, 0.717) is 17.9 Å². The molecule has 2 bridgehead atoms. The van der Waals surface area contributed by atoms with Gasteiger partial charge in [0.05, 0.1) is 11.9 Å². The van der Waals surface area contributed by atoms with Gasteiger partial charge in [0.25, 0.3) is 0 Å². The van der Waals surface area contributed by atoms with Crippen molar-refractivity contribution >= 4 is 11.6 Å². The van der Waals surface area contributed by atoms with Gasteiger partial charge in [-0.2, -0.15) is 5.10 Å². The molecule has 0 aromatic carbocycles. The molecule has 0 radical (unpaired) electrons. The average molecular weight is 245 g/mol. The summed E-state index contributed by atoms with van der Waals surface area (Å²) in [7, 11) is 0. The Labute approximate surface area is 107 Å². The Morgan fingerprint density at radius 3 is 2.83 bits per heavy atom. The predicted molar refractivity (Wildman–Crippen MR) is 70.1 cm³/mol. The minimum atomic E-state index is 0.148. The molecule has 96 valence electrons. The van der Waals surface area contributed by atoms with Gasteiger partial charge in [-0.05, 0) is 38.5 Å². The molecule has 3 atom stereocenters. The summed E-state index contributed by atoms with van der Waals surface area (Å²) in [5.74, 6) is 1.39. The number of nitrogens with one attached hydrogen (secondary N) is 1. The lowest BCUT2D eigenvalue weighted by Crippen LogP contribution is -2.25. The van der Waals surface area contributed by atoms with Gasteiger partial charge in [0.2, 0.25) is 5.91 Å². The summed E-state index contributed by atoms with van der Waals surface area (Å²) in [5.41, 5.74) is 0.806. The number of carbonyl (C=O) groups excluding carboxylic acids is 1. The van der Waals surface area contributed by atoms with Gasteiger partial charge in [-0.15, -0.1) is 0 Å². The largest absolute Gasteiger partial charge is 0.323 e. The molecule has 0 unspecified atom stereocenters. The van der Waals surface area contributed by atoms with Crippen molar-refractivity contribution in [3.8, 4) is 0 Å². The lowest BCUT2D eigenvalue weighted by atomic mass is 9.93. The SMILES string of the molecule is CC(C)n1cc(NC(=O)[C@@H]2C[C@@H]3C=C[C@H]2C3)cn1. The molecule has 1 fully saturated rings. The van der Waals surface area contributed by atoms with Crippen molar-refractivity contribution in [3.63, 3.8) is 0 Å². The summed E-state index contributed by atoms with van der Waals surface area (Å²) >= 11 is 0. The van der Waals surface area contributed by atoms with E-state index in [2.05, 4.69) is 36.4 Å². The minimum Gasteiger partial charge on any atom is -0.323 e. The zero-order chi connectivity index (χ0) is 12.7. The highest BCUT2D eigenvalue weighted by Crippen LogP contribution is 2.43. The molecule has 0 spiro atoms. The van der Waals surface area contributed by atoms with Crippen LogP contribution in [0.15, 0.2) is 24.5 Å². The van der Waals surface area contributed by atoms with Crippen molar-refractivity contribution in [1.82, 2.24) is 9.78 Å². The first-order chi connectivity index (χ1) is 8.63. The van der Waals surface area contributed by atoms with Gasteiger partial charge in [0, 0.05) is 18.2 Å². The highest BCUT2D eigenvalue weighted by Gasteiger charge is 2.39. The number of hydrogen-bond acceptors (Lipinski definition) is 2. The maximum atomic E-state index is 12.2. The number of aromatic nitrogens is 2. The lowest BCUT2D eigenvalue weighted by Gasteiger charge is -2.16. The fourth-order valence-corrected chi connectivity index (χ4v) is 3.00. The third-order valence-electron chi connectivity index (χ3n) is 4.01. The molecule has 0 aliphatic heterocycles. The van der Waals surface area contributed by atoms with E-state index >= 15 is 0 Å². The van der Waals surface area contributed by atoms with Crippen LogP contribution in [0, 0.1) is 17.8 Å². The number of anilines is 1. The van der Waals surface area contributed by atoms with Crippen LogP contribution in [0.2, 0.25) is 0 Å². The normalized spacial score (nSPS) is 29.2. The van der Waals surface area contributed by atoms with Crippen molar-refractivity contribution < 1.29 is 4.79 Å². The maximum absolute atomic E-state index is 12.2. The van der Waals surface area contributed by atoms with E-state index in [0.717, 1.165) is 18.5 Å². The summed E-state index contributed by atoms with van der Waals surface area (Å²) in [6.07, 6.45) is 10.2. The Hall–Kier alpha value is -1.58. The number of amides is 1. The van der Waals surface area contributed by atoms with Crippen LogP contribution < -0.4 is 5.32 Å². The Kier molecular flexibility index (Phi) is 2.73. The quantitative estimate of drug-likeness (QED) is 0.832. The monoisotopic (exact) mass is 245 g/mol. The van der Waals surface area contributed by atoms with Crippen LogP contribution in [0.5, 0.6) is 0 Å². The van der Waals surface area contributed by atoms with Gasteiger partial charge in [0.15, 0.2) is 0 Å². The molecular weight excluding hydrogens is 226 g/mol. The van der Waals surface area contributed by atoms with E-state index in [9.17, 15) is 4.79 Å². The number of carbonyl (C=O) groups is 1. The van der Waals surface area contributed by atoms with E-state index in [1.165, 1.54) is 0 Å². The minimum absolute atomic E-state index is 0.148. The van der Waals surface area contributed by atoms with Crippen LogP contribution in [-0.4, -0.2) is 15.7 Å². The molecule has 1 N–H and O–H groups in total. The van der Waals surface area contributed by atoms with Gasteiger partial charge in [0.1, 0.15) is 0 Å². The number of rotatable bonds is 3. The fourth-order valence-electron chi connectivity index (χ4n) is 3.00. The van der Waals surface area contributed by atoms with Crippen molar-refractivity contribution in [3.05, 3.63) is 24.5 Å². The van der Waals surface area contributed by atoms with Gasteiger partial charge in [-0.3, -0.25) is 9.48 Å². The van der Waals surface area contributed by atoms with Gasteiger partial charge >= 0.3 is 0 Å². The molecule has 2 aliphatic carbocycles. The van der Waals surface area contributed by atoms with Crippen molar-refractivity contribution in [1.29, 1.82) is 0 Å². The number of fused-ring (bicyclic) bond motifs is 2. The second-order valence-electron chi connectivity index (χ2n) is 5.68. The Balaban J connectivity index is 1.65. The number of nitrogens with zero attached hydrogens (tertiary/aromatic N) is 2. The van der Waals surface area contributed by atoms with E-state index in [1.807, 2.05) is 10.9 Å². The molecule has 0 saturated heterocycles. The summed E-state index contributed by atoms with van der Waals surface area (Å²) < 4.78 is 1.86. The molecule has 1 saturated carbocycles. The molecule has 3 rings (SSSR count). The lowest BCUT2D eigenvalue weighted by molar-refractivity contribution is -0.120. The maximum Gasteiger partial charge on any atom is 0.228 e. The van der Waals surface area contributed by atoms with Crippen molar-refractivity contribution in [2.45, 2.75) is 32.7 Å². The van der Waals surface area contributed by atoms with Crippen LogP contribution in [0.4, 0.5) is 5.69 Å². The van der Waals surface area contributed by atoms with Gasteiger partial charge in [-0.1, -0.05) is 12.2 Å². The first-order valence-corrected chi connectivity index (χ1v) is 6.67. The summed E-state index contributed by atoms with van der Waals surface area (Å²) in [5, 5.41) is 7.22. The molecule has 1 amide bonds. The molecule has 1 aromatic rings. The highest BCUT2D eigenvalue weighted by atomic mass is 16.1. The first kappa shape index (κ1) is 11.5. The Morgan fingerprint density at radius 1 is 1.44 bits per heavy atom. The fraction of sp³-hybridized carbons (Fsp3) is 0.571. The summed E-state index contributed by atoms with van der Waals surface area (Å²) in [6.45, 7) is 4.14. The molecule has 1 aromatic heterocycles. The standard InChI is InChI=1S/C14H19N3O/c1-9(2)17-8-12(7-15-17)16-14(18)13-6-10-3-4-11(13)5-10/h3-4,7-11,13H,5-6H2,1-2H3,(H,16,18)/t10-,11+,13-/m1/s1. The second-order valence-corrected chi connectivity index (χ2v) is 5.68. The zero-order valence-corrected chi connectivity index (χ0v) is 10.8. The molecule has 2 aliphatic rings. The molecule has 18 heavy (non-hydrogen) atoms. The van der Waals surface area contributed by atoms with Crippen LogP contribution in [0.1, 0.15) is 32.7 Å². The van der Waals surface area contributed by atoms with Crippen LogP contribution >= 0.6 is 0 Å². The molecule has 1 heterocycles. The Bertz CT molecular complexity index is 489. The van der Waals surface area contributed by atoms with E-state index in [1.54, 1.807) is 6.20 Å². The summed E-state index contributed by atoms with van der Waals surface area (Å²) in [6, 6.07) is 0.320. The van der Waals surface area contributed by atoms with Crippen LogP contribution in [-0.2, 0) is 4.79 Å². The molecule has 4 heteroatoms. The van der Waals surface area contributed by atoms with Gasteiger partial charge in [-0.25, -0.2) is 0 Å². The third-order valence-corrected chi connectivity index (χ3v) is 4.01. The number of hydrogen-bond donors (Lipinski definition) is 1. The van der Waals surface area contributed by atoms with E-state index in [4.69, 9.17) is 0 Å². The van der Waals surface area contributed by atoms with E-state index < -0.39 is 0 Å². The predicted octanol–water partition coefficient (Wildman–Crippen LogP) is 2.61. The van der Waals surface area contributed by atoms with E-state index in [-0.39, 0.29) is 11.8 Å². The first-order valence-electron chi connectivity index (χ1n) is 6.67. The topological polar surface area (TPSA) is 46.9 Å². The third kappa shape index (κ3) is 1.96. The Morgan fingerprint density at radius 2 is 2.28 bits per heavy atom. The number of allylic oxidation sites excluding steroid dienone is 2. The van der Waals surface area contributed by atoms with Gasteiger partial charge < -0.3 is 5.32 Å². The van der Waals surface area contributed by atoms with Crippen LogP contribution in [0.25, 0.3) is 0 Å². The second kappa shape index (κ2) is 4.26.